The number of rotatable bonds is 4. The lowest BCUT2D eigenvalue weighted by Gasteiger charge is -2.17. The molecule has 2 aromatic carbocycles. The van der Waals surface area contributed by atoms with Crippen molar-refractivity contribution in [2.45, 2.75) is 40.0 Å². The van der Waals surface area contributed by atoms with E-state index in [1.165, 1.54) is 5.56 Å². The molecule has 2 rings (SSSR count). The van der Waals surface area contributed by atoms with E-state index in [9.17, 15) is 10.2 Å². The van der Waals surface area contributed by atoms with E-state index in [0.29, 0.717) is 12.0 Å². The van der Waals surface area contributed by atoms with Gasteiger partial charge in [-0.25, -0.2) is 0 Å². The fourth-order valence-electron chi connectivity index (χ4n) is 2.75. The van der Waals surface area contributed by atoms with Crippen LogP contribution in [0.25, 0.3) is 11.1 Å². The summed E-state index contributed by atoms with van der Waals surface area (Å²) in [5.74, 6) is 0.421. The lowest BCUT2D eigenvalue weighted by atomic mass is 9.89. The molecule has 2 aromatic rings. The largest absolute Gasteiger partial charge is 0.508 e. The Hall–Kier alpha value is -1.96. The maximum Gasteiger partial charge on any atom is 0.130 e. The van der Waals surface area contributed by atoms with Gasteiger partial charge >= 0.3 is 0 Å². The Morgan fingerprint density at radius 1 is 0.850 bits per heavy atom. The van der Waals surface area contributed by atoms with Crippen LogP contribution in [0.1, 0.15) is 37.5 Å². The van der Waals surface area contributed by atoms with Crippen LogP contribution >= 0.6 is 0 Å². The minimum atomic E-state index is 0.194. The quantitative estimate of drug-likeness (QED) is 0.861. The van der Waals surface area contributed by atoms with Gasteiger partial charge in [-0.2, -0.15) is 0 Å². The highest BCUT2D eigenvalue weighted by atomic mass is 16.3. The van der Waals surface area contributed by atoms with Gasteiger partial charge in [0.2, 0.25) is 0 Å². The third kappa shape index (κ3) is 2.38. The maximum atomic E-state index is 10.6. The Bertz CT molecular complexity index is 615. The lowest BCUT2D eigenvalue weighted by molar-refractivity contribution is 0.439. The fourth-order valence-corrected chi connectivity index (χ4v) is 2.75. The van der Waals surface area contributed by atoms with Gasteiger partial charge in [-0.3, -0.25) is 0 Å². The predicted octanol–water partition coefficient (Wildman–Crippen LogP) is 4.45. The molecule has 0 radical (unpaired) electrons. The van der Waals surface area contributed by atoms with Gasteiger partial charge in [0, 0.05) is 11.1 Å². The SMILES string of the molecule is CCc1ccccc1-c1c(CC)cc(O)c(CC)c1O. The van der Waals surface area contributed by atoms with Gasteiger partial charge in [0.05, 0.1) is 0 Å². The Balaban J connectivity index is 2.78. The number of aryl methyl sites for hydroxylation is 2. The number of phenols is 2. The monoisotopic (exact) mass is 270 g/mol. The van der Waals surface area contributed by atoms with Gasteiger partial charge in [-0.1, -0.05) is 45.0 Å². The molecule has 2 nitrogen and oxygen atoms in total. The highest BCUT2D eigenvalue weighted by Crippen LogP contribution is 2.42. The Morgan fingerprint density at radius 3 is 2.10 bits per heavy atom. The van der Waals surface area contributed by atoms with E-state index in [0.717, 1.165) is 29.5 Å². The van der Waals surface area contributed by atoms with Gasteiger partial charge < -0.3 is 10.2 Å². The number of benzene rings is 2. The first-order chi connectivity index (χ1) is 9.63. The van der Waals surface area contributed by atoms with Crippen LogP contribution in [0, 0.1) is 0 Å². The standard InChI is InChI=1S/C18H22O2/c1-4-12-9-7-8-10-15(12)17-13(5-2)11-16(19)14(6-3)18(17)20/h7-11,19-20H,4-6H2,1-3H3. The lowest BCUT2D eigenvalue weighted by Crippen LogP contribution is -1.96. The summed E-state index contributed by atoms with van der Waals surface area (Å²) >= 11 is 0. The Morgan fingerprint density at radius 2 is 1.50 bits per heavy atom. The van der Waals surface area contributed by atoms with Crippen molar-refractivity contribution < 1.29 is 10.2 Å². The first-order valence-electron chi connectivity index (χ1n) is 7.28. The Labute approximate surface area is 120 Å². The predicted molar refractivity (Wildman–Crippen MR) is 83.3 cm³/mol. The topological polar surface area (TPSA) is 40.5 Å². The van der Waals surface area contributed by atoms with Crippen LogP contribution in [0.15, 0.2) is 30.3 Å². The molecule has 0 saturated carbocycles. The molecule has 2 heteroatoms. The maximum absolute atomic E-state index is 10.6. The van der Waals surface area contributed by atoms with Gasteiger partial charge in [0.25, 0.3) is 0 Å². The smallest absolute Gasteiger partial charge is 0.130 e. The number of aromatic hydroxyl groups is 2. The van der Waals surface area contributed by atoms with Gasteiger partial charge in [0.1, 0.15) is 11.5 Å². The molecular weight excluding hydrogens is 248 g/mol. The molecular formula is C18H22O2. The van der Waals surface area contributed by atoms with Crippen LogP contribution in [0.3, 0.4) is 0 Å². The van der Waals surface area contributed by atoms with E-state index in [2.05, 4.69) is 13.0 Å². The van der Waals surface area contributed by atoms with Crippen molar-refractivity contribution in [1.82, 2.24) is 0 Å². The highest BCUT2D eigenvalue weighted by molar-refractivity contribution is 5.79. The zero-order chi connectivity index (χ0) is 14.7. The summed E-state index contributed by atoms with van der Waals surface area (Å²) in [7, 11) is 0. The third-order valence-corrected chi connectivity index (χ3v) is 3.87. The summed E-state index contributed by atoms with van der Waals surface area (Å²) < 4.78 is 0. The molecule has 0 fully saturated rings. The van der Waals surface area contributed by atoms with E-state index in [-0.39, 0.29) is 11.5 Å². The van der Waals surface area contributed by atoms with E-state index in [1.807, 2.05) is 32.0 Å². The molecule has 0 unspecified atom stereocenters. The van der Waals surface area contributed by atoms with Crippen LogP contribution < -0.4 is 0 Å². The summed E-state index contributed by atoms with van der Waals surface area (Å²) in [5.41, 5.74) is 4.77. The zero-order valence-corrected chi connectivity index (χ0v) is 12.4. The molecule has 0 atom stereocenters. The van der Waals surface area contributed by atoms with Crippen molar-refractivity contribution in [2.75, 3.05) is 0 Å². The van der Waals surface area contributed by atoms with Crippen LogP contribution in [-0.2, 0) is 19.3 Å². The molecule has 106 valence electrons. The number of phenolic OH excluding ortho intramolecular Hbond substituents is 2. The van der Waals surface area contributed by atoms with Crippen molar-refractivity contribution in [1.29, 1.82) is 0 Å². The minimum Gasteiger partial charge on any atom is -0.508 e. The van der Waals surface area contributed by atoms with E-state index in [4.69, 9.17) is 0 Å². The highest BCUT2D eigenvalue weighted by Gasteiger charge is 2.18. The zero-order valence-electron chi connectivity index (χ0n) is 12.4. The second-order valence-electron chi connectivity index (χ2n) is 4.97. The third-order valence-electron chi connectivity index (χ3n) is 3.87. The molecule has 2 N–H and O–H groups in total. The average molecular weight is 270 g/mol. The van der Waals surface area contributed by atoms with Crippen LogP contribution in [0.5, 0.6) is 11.5 Å². The van der Waals surface area contributed by atoms with Crippen LogP contribution in [0.4, 0.5) is 0 Å². The van der Waals surface area contributed by atoms with Crippen LogP contribution in [-0.4, -0.2) is 10.2 Å². The first kappa shape index (κ1) is 14.4. The van der Waals surface area contributed by atoms with Crippen LogP contribution in [0.2, 0.25) is 0 Å². The molecule has 0 aromatic heterocycles. The molecule has 0 aliphatic heterocycles. The van der Waals surface area contributed by atoms with Gasteiger partial charge in [-0.05, 0) is 42.0 Å². The second kappa shape index (κ2) is 6.00. The van der Waals surface area contributed by atoms with Crippen molar-refractivity contribution in [3.05, 3.63) is 47.0 Å². The summed E-state index contributed by atoms with van der Waals surface area (Å²) in [4.78, 5) is 0. The van der Waals surface area contributed by atoms with E-state index >= 15 is 0 Å². The first-order valence-corrected chi connectivity index (χ1v) is 7.28. The molecule has 0 bridgehead atoms. The molecule has 0 aliphatic rings. The molecule has 20 heavy (non-hydrogen) atoms. The molecule has 0 heterocycles. The fraction of sp³-hybridized carbons (Fsp3) is 0.333. The normalized spacial score (nSPS) is 10.8. The summed E-state index contributed by atoms with van der Waals surface area (Å²) in [6.07, 6.45) is 2.31. The molecule has 0 amide bonds. The van der Waals surface area contributed by atoms with Gasteiger partial charge in [-0.15, -0.1) is 0 Å². The average Bonchev–Trinajstić information content (AvgIpc) is 2.47. The Kier molecular flexibility index (Phi) is 4.33. The number of hydrogen-bond acceptors (Lipinski definition) is 2. The van der Waals surface area contributed by atoms with Crippen molar-refractivity contribution >= 4 is 0 Å². The summed E-state index contributed by atoms with van der Waals surface area (Å²) in [6.45, 7) is 6.09. The second-order valence-corrected chi connectivity index (χ2v) is 4.97. The van der Waals surface area contributed by atoms with E-state index in [1.54, 1.807) is 6.07 Å². The van der Waals surface area contributed by atoms with E-state index < -0.39 is 0 Å². The molecule has 0 saturated heterocycles. The molecule has 0 aliphatic carbocycles. The van der Waals surface area contributed by atoms with Crippen molar-refractivity contribution in [3.8, 4) is 22.6 Å². The molecule has 0 spiro atoms. The number of hydrogen-bond donors (Lipinski definition) is 2. The minimum absolute atomic E-state index is 0.194. The van der Waals surface area contributed by atoms with Crippen molar-refractivity contribution in [3.63, 3.8) is 0 Å². The van der Waals surface area contributed by atoms with Gasteiger partial charge in [0.15, 0.2) is 0 Å². The summed E-state index contributed by atoms with van der Waals surface area (Å²) in [6, 6.07) is 9.94. The summed E-state index contributed by atoms with van der Waals surface area (Å²) in [5, 5.41) is 20.6. The van der Waals surface area contributed by atoms with Crippen molar-refractivity contribution in [2.24, 2.45) is 0 Å².